The lowest BCUT2D eigenvalue weighted by Gasteiger charge is -2.28. The Morgan fingerprint density at radius 1 is 1.33 bits per heavy atom. The van der Waals surface area contributed by atoms with E-state index in [2.05, 4.69) is 9.55 Å². The van der Waals surface area contributed by atoms with E-state index in [-0.39, 0.29) is 13.2 Å². The molecule has 1 aliphatic carbocycles. The molecule has 0 radical (unpaired) electrons. The molecule has 27 heavy (non-hydrogen) atoms. The van der Waals surface area contributed by atoms with Gasteiger partial charge in [-0.3, -0.25) is 4.79 Å². The number of aromatic nitrogens is 3. The lowest BCUT2D eigenvalue weighted by Crippen LogP contribution is -2.33. The quantitative estimate of drug-likeness (QED) is 0.639. The van der Waals surface area contributed by atoms with Gasteiger partial charge in [-0.2, -0.15) is 0 Å². The molecule has 8 nitrogen and oxygen atoms in total. The van der Waals surface area contributed by atoms with Crippen molar-refractivity contribution in [1.82, 2.24) is 14.5 Å². The maximum atomic E-state index is 10.7. The molecule has 8 heteroatoms. The lowest BCUT2D eigenvalue weighted by atomic mass is 9.91. The van der Waals surface area contributed by atoms with Gasteiger partial charge in [-0.25, -0.2) is 9.97 Å². The second-order valence-electron chi connectivity index (χ2n) is 7.45. The highest BCUT2D eigenvalue weighted by molar-refractivity contribution is 5.89. The van der Waals surface area contributed by atoms with E-state index in [9.17, 15) is 9.90 Å². The van der Waals surface area contributed by atoms with Crippen LogP contribution in [-0.2, 0) is 40.3 Å². The number of pyridine rings is 1. The van der Waals surface area contributed by atoms with Crippen LogP contribution in [0.3, 0.4) is 0 Å². The summed E-state index contributed by atoms with van der Waals surface area (Å²) in [5.41, 5.74) is 9.44. The first kappa shape index (κ1) is 19.6. The Labute approximate surface area is 158 Å². The summed E-state index contributed by atoms with van der Waals surface area (Å²) in [6.07, 6.45) is 4.05. The number of carbonyl (C=O) groups excluding carboxylic acids is 1. The van der Waals surface area contributed by atoms with Crippen molar-refractivity contribution >= 4 is 23.3 Å². The van der Waals surface area contributed by atoms with Crippen LogP contribution in [0, 0.1) is 5.41 Å². The maximum Gasteiger partial charge on any atom is 0.293 e. The Bertz CT molecular complexity index is 820. The van der Waals surface area contributed by atoms with Crippen molar-refractivity contribution in [3.05, 3.63) is 17.1 Å². The molecule has 2 aromatic heterocycles. The van der Waals surface area contributed by atoms with Crippen LogP contribution in [0.5, 0.6) is 0 Å². The average Bonchev–Trinajstić information content (AvgIpc) is 3.04. The third-order valence-electron chi connectivity index (χ3n) is 5.13. The Morgan fingerprint density at radius 3 is 2.81 bits per heavy atom. The standard InChI is InChI=1S/C19H28N4O4/c1-3-26-8-15-22-16-17(13-6-4-5-7-14(13)21-18(16)20)23(15)9-19(2,10-24)11-27-12-25/h12,24H,3-11H2,1-2H3,(H2,20,21). The van der Waals surface area contributed by atoms with Crippen molar-refractivity contribution in [2.24, 2.45) is 5.41 Å². The number of fused-ring (bicyclic) bond motifs is 3. The van der Waals surface area contributed by atoms with Crippen molar-refractivity contribution in [1.29, 1.82) is 0 Å². The molecule has 1 unspecified atom stereocenters. The molecule has 0 aliphatic heterocycles. The molecule has 3 rings (SSSR count). The van der Waals surface area contributed by atoms with Crippen molar-refractivity contribution < 1.29 is 19.4 Å². The van der Waals surface area contributed by atoms with Crippen LogP contribution in [0.2, 0.25) is 0 Å². The van der Waals surface area contributed by atoms with Gasteiger partial charge in [0.2, 0.25) is 0 Å². The molecule has 148 valence electrons. The normalized spacial score (nSPS) is 16.1. The minimum atomic E-state index is -0.644. The van der Waals surface area contributed by atoms with E-state index in [0.29, 0.717) is 37.6 Å². The van der Waals surface area contributed by atoms with Crippen LogP contribution in [0.1, 0.15) is 43.8 Å². The number of aryl methyl sites for hydroxylation is 2. The Hall–Kier alpha value is -2.19. The number of rotatable bonds is 9. The Kier molecular flexibility index (Phi) is 5.96. The highest BCUT2D eigenvalue weighted by Crippen LogP contribution is 2.33. The summed E-state index contributed by atoms with van der Waals surface area (Å²) in [5, 5.41) is 9.94. The smallest absolute Gasteiger partial charge is 0.293 e. The predicted octanol–water partition coefficient (Wildman–Crippen LogP) is 1.60. The van der Waals surface area contributed by atoms with E-state index in [1.807, 2.05) is 13.8 Å². The summed E-state index contributed by atoms with van der Waals surface area (Å²) in [5.74, 6) is 1.17. The number of aliphatic hydroxyl groups excluding tert-OH is 1. The third kappa shape index (κ3) is 3.91. The van der Waals surface area contributed by atoms with E-state index >= 15 is 0 Å². The second kappa shape index (κ2) is 8.22. The molecule has 2 aromatic rings. The summed E-state index contributed by atoms with van der Waals surface area (Å²) >= 11 is 0. The fourth-order valence-electron chi connectivity index (χ4n) is 3.68. The number of aliphatic hydroxyl groups is 1. The first-order valence-electron chi connectivity index (χ1n) is 9.43. The zero-order valence-electron chi connectivity index (χ0n) is 16.0. The van der Waals surface area contributed by atoms with E-state index in [1.54, 1.807) is 0 Å². The maximum absolute atomic E-state index is 10.7. The SMILES string of the molecule is CCOCc1nc2c(N)nc3c(c2n1CC(C)(CO)COC=O)CCCC3. The van der Waals surface area contributed by atoms with Gasteiger partial charge in [0.05, 0.1) is 12.1 Å². The van der Waals surface area contributed by atoms with Gasteiger partial charge in [0, 0.05) is 24.3 Å². The Balaban J connectivity index is 2.14. The number of imidazole rings is 1. The molecule has 2 heterocycles. The molecule has 0 saturated carbocycles. The number of ether oxygens (including phenoxy) is 2. The van der Waals surface area contributed by atoms with Crippen molar-refractivity contribution in [2.75, 3.05) is 25.6 Å². The number of nitrogen functional groups attached to an aromatic ring is 1. The van der Waals surface area contributed by atoms with E-state index in [0.717, 1.165) is 42.7 Å². The summed E-state index contributed by atoms with van der Waals surface area (Å²) in [7, 11) is 0. The molecule has 1 atom stereocenters. The number of hydrogen-bond acceptors (Lipinski definition) is 7. The van der Waals surface area contributed by atoms with Crippen molar-refractivity contribution in [3.8, 4) is 0 Å². The molecule has 0 bridgehead atoms. The summed E-state index contributed by atoms with van der Waals surface area (Å²) in [6, 6.07) is 0. The number of hydrogen-bond donors (Lipinski definition) is 2. The zero-order chi connectivity index (χ0) is 19.4. The van der Waals surface area contributed by atoms with Gasteiger partial charge in [-0.1, -0.05) is 6.92 Å². The summed E-state index contributed by atoms with van der Waals surface area (Å²) < 4.78 is 12.6. The summed E-state index contributed by atoms with van der Waals surface area (Å²) in [4.78, 5) is 20.0. The van der Waals surface area contributed by atoms with Crippen LogP contribution < -0.4 is 5.73 Å². The van der Waals surface area contributed by atoms with Gasteiger partial charge in [-0.05, 0) is 38.2 Å². The number of carbonyl (C=O) groups is 1. The van der Waals surface area contributed by atoms with Gasteiger partial charge in [-0.15, -0.1) is 0 Å². The van der Waals surface area contributed by atoms with Crippen molar-refractivity contribution in [3.63, 3.8) is 0 Å². The van der Waals surface area contributed by atoms with Gasteiger partial charge in [0.1, 0.15) is 24.6 Å². The zero-order valence-corrected chi connectivity index (χ0v) is 16.0. The molecule has 0 amide bonds. The number of nitrogens with two attached hydrogens (primary N) is 1. The van der Waals surface area contributed by atoms with E-state index in [4.69, 9.17) is 20.2 Å². The van der Waals surface area contributed by atoms with Gasteiger partial charge >= 0.3 is 0 Å². The largest absolute Gasteiger partial charge is 0.467 e. The van der Waals surface area contributed by atoms with Crippen molar-refractivity contribution in [2.45, 2.75) is 52.7 Å². The highest BCUT2D eigenvalue weighted by Gasteiger charge is 2.30. The Morgan fingerprint density at radius 2 is 2.11 bits per heavy atom. The summed E-state index contributed by atoms with van der Waals surface area (Å²) in [6.45, 7) is 5.55. The fourth-order valence-corrected chi connectivity index (χ4v) is 3.68. The highest BCUT2D eigenvalue weighted by atomic mass is 16.5. The topological polar surface area (TPSA) is 112 Å². The monoisotopic (exact) mass is 376 g/mol. The first-order valence-corrected chi connectivity index (χ1v) is 9.43. The molecule has 1 aliphatic rings. The van der Waals surface area contributed by atoms with Crippen LogP contribution in [0.4, 0.5) is 5.82 Å². The molecule has 0 spiro atoms. The minimum absolute atomic E-state index is 0.115. The molecule has 0 aromatic carbocycles. The van der Waals surface area contributed by atoms with Crippen LogP contribution in [0.15, 0.2) is 0 Å². The number of anilines is 1. The predicted molar refractivity (Wildman–Crippen MR) is 101 cm³/mol. The van der Waals surface area contributed by atoms with Gasteiger partial charge in [0.15, 0.2) is 5.82 Å². The third-order valence-corrected chi connectivity index (χ3v) is 5.13. The lowest BCUT2D eigenvalue weighted by molar-refractivity contribution is -0.133. The molecule has 3 N–H and O–H groups in total. The molecule has 0 fully saturated rings. The van der Waals surface area contributed by atoms with Gasteiger partial charge < -0.3 is 24.9 Å². The average molecular weight is 376 g/mol. The molecular formula is C19H28N4O4. The van der Waals surface area contributed by atoms with Crippen LogP contribution in [0.25, 0.3) is 11.0 Å². The fraction of sp³-hybridized carbons (Fsp3) is 0.632. The molecular weight excluding hydrogens is 348 g/mol. The van der Waals surface area contributed by atoms with Crippen LogP contribution in [-0.4, -0.2) is 45.9 Å². The van der Waals surface area contributed by atoms with Gasteiger partial charge in [0.25, 0.3) is 6.47 Å². The second-order valence-corrected chi connectivity index (χ2v) is 7.45. The number of nitrogens with zero attached hydrogens (tertiary/aromatic N) is 3. The van der Waals surface area contributed by atoms with E-state index in [1.165, 1.54) is 5.56 Å². The minimum Gasteiger partial charge on any atom is -0.467 e. The van der Waals surface area contributed by atoms with Crippen LogP contribution >= 0.6 is 0 Å². The molecule has 0 saturated heterocycles. The first-order chi connectivity index (χ1) is 13.0. The van der Waals surface area contributed by atoms with E-state index < -0.39 is 5.41 Å².